The van der Waals surface area contributed by atoms with Crippen LogP contribution >= 0.6 is 15.9 Å². The average Bonchev–Trinajstić information content (AvgIpc) is 2.38. The molecule has 0 heterocycles. The molecule has 0 radical (unpaired) electrons. The maximum absolute atomic E-state index is 9.18. The first kappa shape index (κ1) is 15.1. The molecule has 0 aromatic heterocycles. The Morgan fingerprint density at radius 1 is 1.10 bits per heavy atom. The Labute approximate surface area is 128 Å². The number of hydrogen-bond donors (Lipinski definition) is 1. The monoisotopic (exact) mass is 334 g/mol. The van der Waals surface area contributed by atoms with Crippen molar-refractivity contribution in [3.8, 4) is 11.5 Å². The summed E-state index contributed by atoms with van der Waals surface area (Å²) in [4.78, 5) is 0. The predicted molar refractivity (Wildman–Crippen MR) is 85.3 cm³/mol. The Balaban J connectivity index is 2.33. The summed E-state index contributed by atoms with van der Waals surface area (Å²) in [6.45, 7) is 6.51. The van der Waals surface area contributed by atoms with Crippen molar-refractivity contribution in [3.05, 3.63) is 58.1 Å². The van der Waals surface area contributed by atoms with Crippen LogP contribution in [0.4, 0.5) is 0 Å². The summed E-state index contributed by atoms with van der Waals surface area (Å²) in [5.41, 5.74) is 2.04. The van der Waals surface area contributed by atoms with E-state index in [9.17, 15) is 5.11 Å². The lowest BCUT2D eigenvalue weighted by Crippen LogP contribution is -2.12. The molecular formula is C17H19BrO2. The molecule has 2 aromatic rings. The molecule has 0 saturated carbocycles. The summed E-state index contributed by atoms with van der Waals surface area (Å²) in [5, 5.41) is 9.18. The molecular weight excluding hydrogens is 316 g/mol. The zero-order valence-corrected chi connectivity index (χ0v) is 13.6. The average molecular weight is 335 g/mol. The van der Waals surface area contributed by atoms with Gasteiger partial charge in [-0.3, -0.25) is 0 Å². The van der Waals surface area contributed by atoms with Crippen LogP contribution in [0.3, 0.4) is 0 Å². The zero-order chi connectivity index (χ0) is 14.8. The van der Waals surface area contributed by atoms with Crippen molar-refractivity contribution in [1.29, 1.82) is 0 Å². The molecule has 2 rings (SSSR count). The standard InChI is InChI=1S/C17H19BrO2/c1-17(2,3)14-6-4-5-7-16(14)20-13-9-8-12(11-19)15(18)10-13/h4-10,19H,11H2,1-3H3. The van der Waals surface area contributed by atoms with E-state index in [0.29, 0.717) is 0 Å². The number of aliphatic hydroxyl groups is 1. The number of hydrogen-bond acceptors (Lipinski definition) is 2. The van der Waals surface area contributed by atoms with E-state index in [4.69, 9.17) is 4.74 Å². The van der Waals surface area contributed by atoms with Gasteiger partial charge in [0.05, 0.1) is 6.61 Å². The molecule has 0 fully saturated rings. The molecule has 2 aromatic carbocycles. The van der Waals surface area contributed by atoms with Gasteiger partial charge in [0.15, 0.2) is 0 Å². The van der Waals surface area contributed by atoms with Crippen LogP contribution in [0, 0.1) is 0 Å². The van der Waals surface area contributed by atoms with Crippen LogP contribution in [-0.2, 0) is 12.0 Å². The van der Waals surface area contributed by atoms with E-state index >= 15 is 0 Å². The highest BCUT2D eigenvalue weighted by Crippen LogP contribution is 2.35. The molecule has 0 bridgehead atoms. The second-order valence-corrected chi connectivity index (χ2v) is 6.61. The summed E-state index contributed by atoms with van der Waals surface area (Å²) in [6, 6.07) is 13.7. The second-order valence-electron chi connectivity index (χ2n) is 5.76. The smallest absolute Gasteiger partial charge is 0.131 e. The van der Waals surface area contributed by atoms with Crippen LogP contribution in [0.1, 0.15) is 31.9 Å². The lowest BCUT2D eigenvalue weighted by Gasteiger charge is -2.22. The lowest BCUT2D eigenvalue weighted by molar-refractivity contribution is 0.281. The van der Waals surface area contributed by atoms with Crippen LogP contribution in [0.5, 0.6) is 11.5 Å². The molecule has 0 saturated heterocycles. The molecule has 0 aliphatic rings. The third-order valence-corrected chi connectivity index (χ3v) is 3.86. The Hall–Kier alpha value is -1.32. The summed E-state index contributed by atoms with van der Waals surface area (Å²) < 4.78 is 6.86. The third kappa shape index (κ3) is 3.41. The van der Waals surface area contributed by atoms with Crippen molar-refractivity contribution in [1.82, 2.24) is 0 Å². The Kier molecular flexibility index (Phi) is 4.51. The number of benzene rings is 2. The fraction of sp³-hybridized carbons (Fsp3) is 0.294. The van der Waals surface area contributed by atoms with Gasteiger partial charge in [-0.15, -0.1) is 0 Å². The topological polar surface area (TPSA) is 29.5 Å². The molecule has 0 amide bonds. The van der Waals surface area contributed by atoms with Gasteiger partial charge in [0.2, 0.25) is 0 Å². The molecule has 0 unspecified atom stereocenters. The first-order valence-corrected chi connectivity index (χ1v) is 7.38. The lowest BCUT2D eigenvalue weighted by atomic mass is 9.86. The minimum atomic E-state index is 0.0133. The minimum absolute atomic E-state index is 0.0133. The van der Waals surface area contributed by atoms with Gasteiger partial charge in [0.25, 0.3) is 0 Å². The van der Waals surface area contributed by atoms with Gasteiger partial charge >= 0.3 is 0 Å². The normalized spacial score (nSPS) is 11.4. The number of rotatable bonds is 3. The highest BCUT2D eigenvalue weighted by molar-refractivity contribution is 9.10. The van der Waals surface area contributed by atoms with Crippen molar-refractivity contribution in [2.24, 2.45) is 0 Å². The maximum atomic E-state index is 9.18. The van der Waals surface area contributed by atoms with Gasteiger partial charge in [-0.1, -0.05) is 61.0 Å². The van der Waals surface area contributed by atoms with Crippen LogP contribution in [-0.4, -0.2) is 5.11 Å². The van der Waals surface area contributed by atoms with Crippen LogP contribution in [0.2, 0.25) is 0 Å². The van der Waals surface area contributed by atoms with Crippen molar-refractivity contribution in [3.63, 3.8) is 0 Å². The van der Waals surface area contributed by atoms with Crippen molar-refractivity contribution in [2.45, 2.75) is 32.8 Å². The zero-order valence-electron chi connectivity index (χ0n) is 12.0. The van der Waals surface area contributed by atoms with Crippen molar-refractivity contribution < 1.29 is 9.84 Å². The van der Waals surface area contributed by atoms with Gasteiger partial charge in [-0.05, 0) is 29.2 Å². The maximum Gasteiger partial charge on any atom is 0.131 e. The van der Waals surface area contributed by atoms with Crippen LogP contribution in [0.15, 0.2) is 46.9 Å². The molecule has 2 nitrogen and oxygen atoms in total. The minimum Gasteiger partial charge on any atom is -0.457 e. The highest BCUT2D eigenvalue weighted by Gasteiger charge is 2.18. The second kappa shape index (κ2) is 5.98. The summed E-state index contributed by atoms with van der Waals surface area (Å²) in [6.07, 6.45) is 0. The van der Waals surface area contributed by atoms with E-state index < -0.39 is 0 Å². The Morgan fingerprint density at radius 3 is 2.40 bits per heavy atom. The quantitative estimate of drug-likeness (QED) is 0.852. The van der Waals surface area contributed by atoms with E-state index in [1.54, 1.807) is 0 Å². The van der Waals surface area contributed by atoms with E-state index in [-0.39, 0.29) is 12.0 Å². The van der Waals surface area contributed by atoms with Crippen molar-refractivity contribution in [2.75, 3.05) is 0 Å². The van der Waals surface area contributed by atoms with Gasteiger partial charge in [0, 0.05) is 10.0 Å². The van der Waals surface area contributed by atoms with Gasteiger partial charge in [-0.2, -0.15) is 0 Å². The molecule has 106 valence electrons. The Bertz CT molecular complexity index is 600. The van der Waals surface area contributed by atoms with Crippen LogP contribution in [0.25, 0.3) is 0 Å². The Morgan fingerprint density at radius 2 is 1.80 bits per heavy atom. The number of halogens is 1. The molecule has 0 aliphatic heterocycles. The predicted octanol–water partition coefficient (Wildman–Crippen LogP) is 5.03. The van der Waals surface area contributed by atoms with Gasteiger partial charge in [0.1, 0.15) is 11.5 Å². The van der Waals surface area contributed by atoms with Gasteiger partial charge < -0.3 is 9.84 Å². The van der Waals surface area contributed by atoms with E-state index in [1.165, 1.54) is 5.56 Å². The molecule has 0 aliphatic carbocycles. The van der Waals surface area contributed by atoms with E-state index in [1.807, 2.05) is 36.4 Å². The number of para-hydroxylation sites is 1. The van der Waals surface area contributed by atoms with E-state index in [2.05, 4.69) is 42.8 Å². The first-order valence-electron chi connectivity index (χ1n) is 6.58. The van der Waals surface area contributed by atoms with E-state index in [0.717, 1.165) is 21.5 Å². The summed E-state index contributed by atoms with van der Waals surface area (Å²) in [7, 11) is 0. The third-order valence-electron chi connectivity index (χ3n) is 3.12. The van der Waals surface area contributed by atoms with Crippen LogP contribution < -0.4 is 4.74 Å². The summed E-state index contributed by atoms with van der Waals surface area (Å²) >= 11 is 3.44. The summed E-state index contributed by atoms with van der Waals surface area (Å²) in [5.74, 6) is 1.62. The molecule has 1 N–H and O–H groups in total. The SMILES string of the molecule is CC(C)(C)c1ccccc1Oc1ccc(CO)c(Br)c1. The molecule has 0 atom stereocenters. The highest BCUT2D eigenvalue weighted by atomic mass is 79.9. The first-order chi connectivity index (χ1) is 9.41. The molecule has 3 heteroatoms. The fourth-order valence-corrected chi connectivity index (χ4v) is 2.51. The fourth-order valence-electron chi connectivity index (χ4n) is 2.02. The van der Waals surface area contributed by atoms with Crippen molar-refractivity contribution >= 4 is 15.9 Å². The molecule has 0 spiro atoms. The molecule has 20 heavy (non-hydrogen) atoms. The number of ether oxygens (including phenoxy) is 1. The number of aliphatic hydroxyl groups excluding tert-OH is 1. The van der Waals surface area contributed by atoms with Gasteiger partial charge in [-0.25, -0.2) is 0 Å². The largest absolute Gasteiger partial charge is 0.457 e.